The maximum absolute atomic E-state index is 5.89. The molecular formula is C18H22BrNO. The molecule has 0 aliphatic carbocycles. The first-order valence-electron chi connectivity index (χ1n) is 7.31. The van der Waals surface area contributed by atoms with Gasteiger partial charge >= 0.3 is 0 Å². The van der Waals surface area contributed by atoms with Crippen LogP contribution in [0.25, 0.3) is 0 Å². The molecule has 0 spiro atoms. The molecule has 0 saturated carbocycles. The number of hydrogen-bond acceptors (Lipinski definition) is 2. The molecule has 1 unspecified atom stereocenters. The molecule has 3 heteroatoms. The quantitative estimate of drug-likeness (QED) is 0.808. The van der Waals surface area contributed by atoms with Crippen LogP contribution in [-0.4, -0.2) is 13.2 Å². The highest BCUT2D eigenvalue weighted by Crippen LogP contribution is 2.17. The lowest BCUT2D eigenvalue weighted by molar-refractivity contribution is 0.279. The summed E-state index contributed by atoms with van der Waals surface area (Å²) in [5.41, 5.74) is 8.53. The van der Waals surface area contributed by atoms with Crippen LogP contribution in [0.1, 0.15) is 17.5 Å². The molecular weight excluding hydrogens is 326 g/mol. The van der Waals surface area contributed by atoms with E-state index in [1.54, 1.807) is 0 Å². The van der Waals surface area contributed by atoms with Gasteiger partial charge in [-0.3, -0.25) is 0 Å². The Labute approximate surface area is 135 Å². The minimum absolute atomic E-state index is 0.461. The van der Waals surface area contributed by atoms with Crippen molar-refractivity contribution in [2.24, 2.45) is 11.7 Å². The topological polar surface area (TPSA) is 35.2 Å². The summed E-state index contributed by atoms with van der Waals surface area (Å²) in [7, 11) is 0. The number of nitrogens with two attached hydrogens (primary N) is 1. The fourth-order valence-corrected chi connectivity index (χ4v) is 2.50. The normalized spacial score (nSPS) is 12.1. The van der Waals surface area contributed by atoms with Gasteiger partial charge in [0.1, 0.15) is 5.75 Å². The number of hydrogen-bond donors (Lipinski definition) is 1. The molecule has 2 N–H and O–H groups in total. The molecule has 112 valence electrons. The molecule has 0 aliphatic rings. The van der Waals surface area contributed by atoms with Crippen molar-refractivity contribution in [3.8, 4) is 5.75 Å². The summed E-state index contributed by atoms with van der Waals surface area (Å²) in [6.45, 7) is 3.50. The third-order valence-electron chi connectivity index (χ3n) is 3.59. The van der Waals surface area contributed by atoms with Crippen molar-refractivity contribution in [2.75, 3.05) is 13.2 Å². The highest BCUT2D eigenvalue weighted by atomic mass is 79.9. The summed E-state index contributed by atoms with van der Waals surface area (Å²) in [6, 6.07) is 16.6. The number of halogens is 1. The molecule has 21 heavy (non-hydrogen) atoms. The van der Waals surface area contributed by atoms with Crippen LogP contribution in [0.3, 0.4) is 0 Å². The number of ether oxygens (including phenoxy) is 1. The Hall–Kier alpha value is -1.32. The van der Waals surface area contributed by atoms with Crippen molar-refractivity contribution in [3.05, 3.63) is 64.1 Å². The van der Waals surface area contributed by atoms with Crippen molar-refractivity contribution in [2.45, 2.75) is 19.8 Å². The minimum Gasteiger partial charge on any atom is -0.494 e. The van der Waals surface area contributed by atoms with Gasteiger partial charge in [0, 0.05) is 4.47 Å². The van der Waals surface area contributed by atoms with E-state index in [1.807, 2.05) is 24.3 Å². The maximum atomic E-state index is 5.89. The van der Waals surface area contributed by atoms with Crippen LogP contribution < -0.4 is 10.5 Å². The summed E-state index contributed by atoms with van der Waals surface area (Å²) >= 11 is 3.42. The first-order chi connectivity index (χ1) is 10.2. The monoisotopic (exact) mass is 347 g/mol. The van der Waals surface area contributed by atoms with Gasteiger partial charge in [-0.2, -0.15) is 0 Å². The standard InChI is InChI=1S/C18H22BrNO/c1-14-2-4-15(5-3-14)12-16(13-20)10-11-21-18-8-6-17(19)7-9-18/h2-9,16H,10-13,20H2,1H3. The van der Waals surface area contributed by atoms with E-state index in [2.05, 4.69) is 47.1 Å². The number of aryl methyl sites for hydroxylation is 1. The lowest BCUT2D eigenvalue weighted by Crippen LogP contribution is -2.19. The van der Waals surface area contributed by atoms with Crippen LogP contribution in [-0.2, 0) is 6.42 Å². The van der Waals surface area contributed by atoms with Gasteiger partial charge in [0.05, 0.1) is 6.61 Å². The predicted molar refractivity (Wildman–Crippen MR) is 91.7 cm³/mol. The fraction of sp³-hybridized carbons (Fsp3) is 0.333. The third-order valence-corrected chi connectivity index (χ3v) is 4.12. The third kappa shape index (κ3) is 5.52. The Morgan fingerprint density at radius 1 is 1.05 bits per heavy atom. The summed E-state index contributed by atoms with van der Waals surface area (Å²) in [5.74, 6) is 1.37. The van der Waals surface area contributed by atoms with Gasteiger partial charge in [-0.1, -0.05) is 45.8 Å². The van der Waals surface area contributed by atoms with Gasteiger partial charge in [0.15, 0.2) is 0 Å². The molecule has 0 aliphatic heterocycles. The van der Waals surface area contributed by atoms with Crippen LogP contribution in [0.15, 0.2) is 53.0 Å². The van der Waals surface area contributed by atoms with Gasteiger partial charge in [-0.05, 0) is 62.1 Å². The highest BCUT2D eigenvalue weighted by Gasteiger charge is 2.08. The second-order valence-corrected chi connectivity index (χ2v) is 6.30. The van der Waals surface area contributed by atoms with Crippen molar-refractivity contribution < 1.29 is 4.74 Å². The first-order valence-corrected chi connectivity index (χ1v) is 8.10. The van der Waals surface area contributed by atoms with Gasteiger partial charge in [-0.15, -0.1) is 0 Å². The molecule has 0 saturated heterocycles. The zero-order valence-corrected chi connectivity index (χ0v) is 14.0. The predicted octanol–water partition coefficient (Wildman–Crippen LogP) is 4.34. The maximum Gasteiger partial charge on any atom is 0.119 e. The molecule has 0 heterocycles. The van der Waals surface area contributed by atoms with Crippen LogP contribution in [0, 0.1) is 12.8 Å². The molecule has 2 nitrogen and oxygen atoms in total. The van der Waals surface area contributed by atoms with Crippen LogP contribution in [0.5, 0.6) is 5.75 Å². The summed E-state index contributed by atoms with van der Waals surface area (Å²) < 4.78 is 6.84. The highest BCUT2D eigenvalue weighted by molar-refractivity contribution is 9.10. The second-order valence-electron chi connectivity index (χ2n) is 5.38. The van der Waals surface area contributed by atoms with Gasteiger partial charge in [-0.25, -0.2) is 0 Å². The van der Waals surface area contributed by atoms with E-state index in [4.69, 9.17) is 10.5 Å². The summed E-state index contributed by atoms with van der Waals surface area (Å²) in [5, 5.41) is 0. The zero-order chi connectivity index (χ0) is 15.1. The molecule has 2 rings (SSSR count). The molecule has 0 bridgehead atoms. The molecule has 0 amide bonds. The Bertz CT molecular complexity index is 536. The number of benzene rings is 2. The van der Waals surface area contributed by atoms with Crippen LogP contribution >= 0.6 is 15.9 Å². The van der Waals surface area contributed by atoms with Crippen LogP contribution in [0.2, 0.25) is 0 Å². The average Bonchev–Trinajstić information content (AvgIpc) is 2.50. The lowest BCUT2D eigenvalue weighted by atomic mass is 9.96. The average molecular weight is 348 g/mol. The van der Waals surface area contributed by atoms with E-state index in [0.717, 1.165) is 23.1 Å². The Morgan fingerprint density at radius 2 is 1.71 bits per heavy atom. The molecule has 0 fully saturated rings. The van der Waals surface area contributed by atoms with E-state index in [1.165, 1.54) is 11.1 Å². The van der Waals surface area contributed by atoms with Gasteiger partial charge < -0.3 is 10.5 Å². The fourth-order valence-electron chi connectivity index (χ4n) is 2.24. The second kappa shape index (κ2) is 8.20. The molecule has 2 aromatic carbocycles. The first kappa shape index (κ1) is 16.1. The smallest absolute Gasteiger partial charge is 0.119 e. The van der Waals surface area contributed by atoms with Crippen molar-refractivity contribution in [3.63, 3.8) is 0 Å². The summed E-state index contributed by atoms with van der Waals surface area (Å²) in [4.78, 5) is 0. The largest absolute Gasteiger partial charge is 0.494 e. The Morgan fingerprint density at radius 3 is 2.33 bits per heavy atom. The van der Waals surface area contributed by atoms with E-state index in [-0.39, 0.29) is 0 Å². The zero-order valence-electron chi connectivity index (χ0n) is 12.4. The summed E-state index contributed by atoms with van der Waals surface area (Å²) in [6.07, 6.45) is 1.99. The van der Waals surface area contributed by atoms with Crippen molar-refractivity contribution >= 4 is 15.9 Å². The van der Waals surface area contributed by atoms with E-state index < -0.39 is 0 Å². The van der Waals surface area contributed by atoms with Crippen molar-refractivity contribution in [1.29, 1.82) is 0 Å². The number of rotatable bonds is 7. The van der Waals surface area contributed by atoms with Crippen LogP contribution in [0.4, 0.5) is 0 Å². The van der Waals surface area contributed by atoms with E-state index >= 15 is 0 Å². The van der Waals surface area contributed by atoms with E-state index in [0.29, 0.717) is 19.1 Å². The Kier molecular flexibility index (Phi) is 6.27. The minimum atomic E-state index is 0.461. The molecule has 1 atom stereocenters. The molecule has 0 aromatic heterocycles. The SMILES string of the molecule is Cc1ccc(CC(CN)CCOc2ccc(Br)cc2)cc1. The molecule has 0 radical (unpaired) electrons. The van der Waals surface area contributed by atoms with Gasteiger partial charge in [0.2, 0.25) is 0 Å². The van der Waals surface area contributed by atoms with E-state index in [9.17, 15) is 0 Å². The van der Waals surface area contributed by atoms with Crippen molar-refractivity contribution in [1.82, 2.24) is 0 Å². The Balaban J connectivity index is 1.79. The lowest BCUT2D eigenvalue weighted by Gasteiger charge is -2.15. The molecule has 2 aromatic rings. The van der Waals surface area contributed by atoms with Gasteiger partial charge in [0.25, 0.3) is 0 Å².